The molecular weight excluding hydrogens is 247 g/mol. The third-order valence-corrected chi connectivity index (χ3v) is 6.90. The van der Waals surface area contributed by atoms with Crippen molar-refractivity contribution in [2.45, 2.75) is 36.3 Å². The summed E-state index contributed by atoms with van der Waals surface area (Å²) >= 11 is 0.856. The molecule has 2 rings (SSSR count). The summed E-state index contributed by atoms with van der Waals surface area (Å²) in [4.78, 5) is 0. The summed E-state index contributed by atoms with van der Waals surface area (Å²) < 4.78 is 0.541. The molecule has 0 amide bonds. The zero-order valence-electron chi connectivity index (χ0n) is 11.2. The van der Waals surface area contributed by atoms with Crippen LogP contribution in [0.2, 0.25) is 8.63 Å². The van der Waals surface area contributed by atoms with Gasteiger partial charge in [-0.2, -0.15) is 0 Å². The Bertz CT molecular complexity index is 332. The molecule has 0 atom stereocenters. The Morgan fingerprint density at radius 3 is 1.18 bits per heavy atom. The molecule has 0 heterocycles. The molecule has 0 bridgehead atoms. The molecule has 0 unspecified atom stereocenters. The third kappa shape index (κ3) is 2.23. The number of hydrogen-bond acceptors (Lipinski definition) is 0. The summed E-state index contributed by atoms with van der Waals surface area (Å²) in [5.74, 6) is 1.33. The summed E-state index contributed by atoms with van der Waals surface area (Å²) in [7, 11) is 0. The van der Waals surface area contributed by atoms with Crippen LogP contribution in [0.3, 0.4) is 0 Å². The molecule has 0 aromatic carbocycles. The van der Waals surface area contributed by atoms with Crippen LogP contribution in [0, 0.1) is 11.8 Å². The molecule has 0 N–H and O–H groups in total. The van der Waals surface area contributed by atoms with E-state index in [9.17, 15) is 0 Å². The molecule has 1 heteroatoms. The maximum atomic E-state index is 2.40. The molecule has 0 nitrogen and oxygen atoms in total. The monoisotopic (exact) mass is 269 g/mol. The van der Waals surface area contributed by atoms with Crippen molar-refractivity contribution in [1.29, 1.82) is 0 Å². The van der Waals surface area contributed by atoms with E-state index in [1.54, 1.807) is 0 Å². The van der Waals surface area contributed by atoms with E-state index in [0.29, 0.717) is 11.8 Å². The van der Waals surface area contributed by atoms with E-state index in [-0.39, 0.29) is 8.63 Å². The first kappa shape index (κ1) is 12.9. The first-order valence-electron chi connectivity index (χ1n) is 6.42. The number of allylic oxidation sites excluding steroid dienone is 8. The van der Waals surface area contributed by atoms with E-state index in [2.05, 4.69) is 76.3 Å². The van der Waals surface area contributed by atoms with Gasteiger partial charge in [-0.25, -0.2) is 0 Å². The van der Waals surface area contributed by atoms with Crippen LogP contribution in [0.25, 0.3) is 0 Å². The predicted octanol–water partition coefficient (Wildman–Crippen LogP) is 4.95. The van der Waals surface area contributed by atoms with E-state index in [0.717, 1.165) is 15.0 Å². The van der Waals surface area contributed by atoms with Crippen molar-refractivity contribution in [1.82, 2.24) is 0 Å². The van der Waals surface area contributed by atoms with E-state index in [1.807, 2.05) is 0 Å². The van der Waals surface area contributed by atoms with Gasteiger partial charge in [-0.1, -0.05) is 0 Å². The summed E-state index contributed by atoms with van der Waals surface area (Å²) in [5, 5.41) is 0. The van der Waals surface area contributed by atoms with Crippen LogP contribution >= 0.6 is 0 Å². The maximum absolute atomic E-state index is 2.40. The first-order chi connectivity index (χ1) is 8.01. The van der Waals surface area contributed by atoms with Crippen LogP contribution in [-0.4, -0.2) is 0 Å². The minimum absolute atomic E-state index is 0.271. The van der Waals surface area contributed by atoms with Crippen LogP contribution in [0.15, 0.2) is 48.6 Å². The van der Waals surface area contributed by atoms with Crippen LogP contribution in [0.4, 0.5) is 0 Å². The second-order valence-corrected chi connectivity index (χ2v) is 7.83. The zero-order valence-corrected chi connectivity index (χ0v) is 12.3. The first-order valence-corrected chi connectivity index (χ1v) is 7.60. The quantitative estimate of drug-likeness (QED) is 0.633. The molecule has 0 fully saturated rings. The third-order valence-electron chi connectivity index (χ3n) is 3.73. The Balaban J connectivity index is 2.30. The number of rotatable bonds is 4. The summed E-state index contributed by atoms with van der Waals surface area (Å²) in [6.45, 7) is 9.35. The molecule has 2 aliphatic rings. The molecule has 0 saturated heterocycles. The van der Waals surface area contributed by atoms with Gasteiger partial charge in [-0.15, -0.1) is 0 Å². The summed E-state index contributed by atoms with van der Waals surface area (Å²) in [6.07, 6.45) is 18.5. The van der Waals surface area contributed by atoms with Gasteiger partial charge in [0, 0.05) is 0 Å². The fourth-order valence-corrected chi connectivity index (χ4v) is 4.74. The van der Waals surface area contributed by atoms with E-state index >= 15 is 0 Å². The van der Waals surface area contributed by atoms with Crippen molar-refractivity contribution in [3.8, 4) is 0 Å². The Labute approximate surface area is 112 Å². The van der Waals surface area contributed by atoms with Gasteiger partial charge in [0.05, 0.1) is 0 Å². The van der Waals surface area contributed by atoms with Gasteiger partial charge in [0.15, 0.2) is 0 Å². The van der Waals surface area contributed by atoms with E-state index in [4.69, 9.17) is 0 Å². The fourth-order valence-electron chi connectivity index (χ4n) is 2.32. The molecule has 93 valence electrons. The standard InChI is InChI=1S/2C8H11.Mn/c2*1-7(2)8-5-3-4-6-8;/h2*3-7H,1-2H3;. The topological polar surface area (TPSA) is 0 Å². The van der Waals surface area contributed by atoms with Crippen molar-refractivity contribution in [2.24, 2.45) is 11.8 Å². The minimum atomic E-state index is 0.271. The molecule has 0 aliphatic heterocycles. The van der Waals surface area contributed by atoms with Gasteiger partial charge >= 0.3 is 112 Å². The normalized spacial score (nSPS) is 23.4. The van der Waals surface area contributed by atoms with Gasteiger partial charge in [-0.05, 0) is 0 Å². The van der Waals surface area contributed by atoms with Crippen LogP contribution in [0.1, 0.15) is 27.7 Å². The zero-order chi connectivity index (χ0) is 12.5. The Morgan fingerprint density at radius 2 is 0.941 bits per heavy atom. The summed E-state index contributed by atoms with van der Waals surface area (Å²) in [5.41, 5.74) is 0. The molecule has 0 spiro atoms. The average Bonchev–Trinajstić information content (AvgIpc) is 2.88. The summed E-state index contributed by atoms with van der Waals surface area (Å²) in [6, 6.07) is 0. The Morgan fingerprint density at radius 1 is 0.647 bits per heavy atom. The molecule has 0 aromatic rings. The second-order valence-electron chi connectivity index (χ2n) is 5.50. The van der Waals surface area contributed by atoms with Gasteiger partial charge in [0.1, 0.15) is 0 Å². The van der Waals surface area contributed by atoms with E-state index in [1.165, 1.54) is 0 Å². The van der Waals surface area contributed by atoms with Crippen LogP contribution in [-0.2, 0) is 15.0 Å². The predicted molar refractivity (Wildman–Crippen MR) is 71.6 cm³/mol. The van der Waals surface area contributed by atoms with Gasteiger partial charge in [-0.3, -0.25) is 0 Å². The molecule has 0 saturated carbocycles. The van der Waals surface area contributed by atoms with Crippen LogP contribution in [0.5, 0.6) is 0 Å². The Hall–Kier alpha value is -0.521. The molecule has 17 heavy (non-hydrogen) atoms. The second kappa shape index (κ2) is 4.63. The SMILES string of the molecule is CC(C)[C]1([Mn][C]2(C(C)C)C=CC=C2)C=CC=C1. The van der Waals surface area contributed by atoms with Crippen LogP contribution < -0.4 is 0 Å². The molecule has 0 radical (unpaired) electrons. The van der Waals surface area contributed by atoms with E-state index < -0.39 is 0 Å². The van der Waals surface area contributed by atoms with Gasteiger partial charge in [0.25, 0.3) is 0 Å². The fraction of sp³-hybridized carbons (Fsp3) is 0.500. The molecule has 2 aliphatic carbocycles. The van der Waals surface area contributed by atoms with Gasteiger partial charge < -0.3 is 0 Å². The molecular formula is C16H22Mn. The molecule has 0 aromatic heterocycles. The van der Waals surface area contributed by atoms with Crippen molar-refractivity contribution in [2.75, 3.05) is 0 Å². The average molecular weight is 269 g/mol. The van der Waals surface area contributed by atoms with Crippen molar-refractivity contribution >= 4 is 0 Å². The number of hydrogen-bond donors (Lipinski definition) is 0. The van der Waals surface area contributed by atoms with Crippen molar-refractivity contribution < 1.29 is 15.0 Å². The van der Waals surface area contributed by atoms with Crippen molar-refractivity contribution in [3.63, 3.8) is 0 Å². The Kier molecular flexibility index (Phi) is 3.52. The van der Waals surface area contributed by atoms with Crippen molar-refractivity contribution in [3.05, 3.63) is 48.6 Å². The van der Waals surface area contributed by atoms with Gasteiger partial charge in [0.2, 0.25) is 0 Å².